The molecule has 0 saturated heterocycles. The molecule has 3 nitrogen and oxygen atoms in total. The van der Waals surface area contributed by atoms with Gasteiger partial charge in [0.1, 0.15) is 11.5 Å². The van der Waals surface area contributed by atoms with Gasteiger partial charge in [-0.1, -0.05) is 23.7 Å². The molecule has 1 N–H and O–H groups in total. The van der Waals surface area contributed by atoms with Crippen molar-refractivity contribution in [1.29, 1.82) is 0 Å². The summed E-state index contributed by atoms with van der Waals surface area (Å²) in [6, 6.07) is 11.1. The van der Waals surface area contributed by atoms with E-state index in [1.54, 1.807) is 12.3 Å². The lowest BCUT2D eigenvalue weighted by molar-refractivity contribution is 0.481. The van der Waals surface area contributed by atoms with E-state index in [9.17, 15) is 0 Å². The lowest BCUT2D eigenvalue weighted by Crippen LogP contribution is -2.06. The minimum absolute atomic E-state index is 0.597. The number of pyridine rings is 1. The standard InChI is InChI=1S/C13H13ClN2O/c1-15-9-10-8-11(6-7-16-10)17-13-5-3-2-4-12(13)14/h2-8,15H,9H2,1H3. The second-order valence-electron chi connectivity index (χ2n) is 3.55. The van der Waals surface area contributed by atoms with Crippen LogP contribution < -0.4 is 10.1 Å². The molecule has 4 heteroatoms. The molecule has 0 aliphatic rings. The lowest BCUT2D eigenvalue weighted by atomic mass is 10.3. The van der Waals surface area contributed by atoms with E-state index in [2.05, 4.69) is 10.3 Å². The fourth-order valence-corrected chi connectivity index (χ4v) is 1.63. The normalized spacial score (nSPS) is 10.2. The van der Waals surface area contributed by atoms with Gasteiger partial charge in [-0.3, -0.25) is 4.98 Å². The van der Waals surface area contributed by atoms with E-state index in [1.165, 1.54) is 0 Å². The molecule has 2 aromatic rings. The molecule has 17 heavy (non-hydrogen) atoms. The number of hydrogen-bond donors (Lipinski definition) is 1. The Kier molecular flexibility index (Phi) is 3.96. The highest BCUT2D eigenvalue weighted by Crippen LogP contribution is 2.28. The largest absolute Gasteiger partial charge is 0.456 e. The molecule has 0 radical (unpaired) electrons. The summed E-state index contributed by atoms with van der Waals surface area (Å²) in [6.07, 6.45) is 1.72. The van der Waals surface area contributed by atoms with Crippen molar-refractivity contribution in [3.63, 3.8) is 0 Å². The summed E-state index contributed by atoms with van der Waals surface area (Å²) in [5.74, 6) is 1.38. The summed E-state index contributed by atoms with van der Waals surface area (Å²) in [4.78, 5) is 4.22. The highest BCUT2D eigenvalue weighted by Gasteiger charge is 2.02. The molecule has 0 aliphatic carbocycles. The summed E-state index contributed by atoms with van der Waals surface area (Å²) < 4.78 is 5.70. The average molecular weight is 249 g/mol. The fourth-order valence-electron chi connectivity index (χ4n) is 1.45. The number of hydrogen-bond acceptors (Lipinski definition) is 3. The van der Waals surface area contributed by atoms with E-state index in [1.807, 2.05) is 37.4 Å². The predicted octanol–water partition coefficient (Wildman–Crippen LogP) is 3.25. The fraction of sp³-hybridized carbons (Fsp3) is 0.154. The van der Waals surface area contributed by atoms with E-state index >= 15 is 0 Å². The summed E-state index contributed by atoms with van der Waals surface area (Å²) in [5.41, 5.74) is 0.928. The molecule has 88 valence electrons. The van der Waals surface area contributed by atoms with Gasteiger partial charge in [-0.2, -0.15) is 0 Å². The molecule has 0 fully saturated rings. The van der Waals surface area contributed by atoms with Gasteiger partial charge in [0.05, 0.1) is 10.7 Å². The molecule has 1 aromatic carbocycles. The Balaban J connectivity index is 2.18. The molecular weight excluding hydrogens is 236 g/mol. The van der Waals surface area contributed by atoms with Gasteiger partial charge in [0.25, 0.3) is 0 Å². The van der Waals surface area contributed by atoms with Crippen molar-refractivity contribution in [3.8, 4) is 11.5 Å². The molecule has 0 spiro atoms. The predicted molar refractivity (Wildman–Crippen MR) is 68.5 cm³/mol. The third kappa shape index (κ3) is 3.19. The maximum absolute atomic E-state index is 6.02. The van der Waals surface area contributed by atoms with Crippen molar-refractivity contribution in [2.24, 2.45) is 0 Å². The SMILES string of the molecule is CNCc1cc(Oc2ccccc2Cl)ccn1. The van der Waals surface area contributed by atoms with Crippen LogP contribution in [0, 0.1) is 0 Å². The molecule has 2 rings (SSSR count). The van der Waals surface area contributed by atoms with Crippen LogP contribution in [0.4, 0.5) is 0 Å². The first-order valence-corrected chi connectivity index (χ1v) is 5.69. The van der Waals surface area contributed by atoms with Crippen molar-refractivity contribution >= 4 is 11.6 Å². The number of rotatable bonds is 4. The van der Waals surface area contributed by atoms with Crippen LogP contribution in [-0.4, -0.2) is 12.0 Å². The van der Waals surface area contributed by atoms with Crippen LogP contribution in [-0.2, 0) is 6.54 Å². The zero-order valence-corrected chi connectivity index (χ0v) is 10.2. The van der Waals surface area contributed by atoms with Crippen molar-refractivity contribution in [2.75, 3.05) is 7.05 Å². The van der Waals surface area contributed by atoms with Crippen LogP contribution in [0.1, 0.15) is 5.69 Å². The zero-order chi connectivity index (χ0) is 12.1. The van der Waals surface area contributed by atoms with Gasteiger partial charge in [-0.25, -0.2) is 0 Å². The van der Waals surface area contributed by atoms with Crippen molar-refractivity contribution in [2.45, 2.75) is 6.54 Å². The molecular formula is C13H13ClN2O. The first-order valence-electron chi connectivity index (χ1n) is 5.31. The summed E-state index contributed by atoms with van der Waals surface area (Å²) in [5, 5.41) is 3.64. The quantitative estimate of drug-likeness (QED) is 0.902. The van der Waals surface area contributed by atoms with E-state index in [-0.39, 0.29) is 0 Å². The molecule has 0 atom stereocenters. The molecule has 0 aliphatic heterocycles. The Hall–Kier alpha value is -1.58. The molecule has 0 unspecified atom stereocenters. The van der Waals surface area contributed by atoms with Crippen LogP contribution >= 0.6 is 11.6 Å². The van der Waals surface area contributed by atoms with Crippen LogP contribution in [0.3, 0.4) is 0 Å². The number of halogens is 1. The van der Waals surface area contributed by atoms with Crippen LogP contribution in [0.25, 0.3) is 0 Å². The maximum atomic E-state index is 6.02. The Morgan fingerprint density at radius 2 is 2.12 bits per heavy atom. The van der Waals surface area contributed by atoms with E-state index in [0.29, 0.717) is 17.3 Å². The van der Waals surface area contributed by atoms with Gasteiger partial charge in [0, 0.05) is 18.8 Å². The minimum Gasteiger partial charge on any atom is -0.456 e. The average Bonchev–Trinajstić information content (AvgIpc) is 2.33. The second kappa shape index (κ2) is 5.66. The van der Waals surface area contributed by atoms with Crippen molar-refractivity contribution in [1.82, 2.24) is 10.3 Å². The zero-order valence-electron chi connectivity index (χ0n) is 9.48. The van der Waals surface area contributed by atoms with Gasteiger partial charge in [-0.15, -0.1) is 0 Å². The number of nitrogens with zero attached hydrogens (tertiary/aromatic N) is 1. The van der Waals surface area contributed by atoms with Gasteiger partial charge >= 0.3 is 0 Å². The topological polar surface area (TPSA) is 34.1 Å². The number of aromatic nitrogens is 1. The highest BCUT2D eigenvalue weighted by molar-refractivity contribution is 6.32. The molecule has 0 amide bonds. The number of benzene rings is 1. The summed E-state index contributed by atoms with van der Waals surface area (Å²) in [6.45, 7) is 0.708. The first-order chi connectivity index (χ1) is 8.29. The van der Waals surface area contributed by atoms with Gasteiger partial charge < -0.3 is 10.1 Å². The molecule has 0 saturated carbocycles. The number of ether oxygens (including phenoxy) is 1. The first kappa shape index (κ1) is 11.9. The number of nitrogens with one attached hydrogen (secondary N) is 1. The monoisotopic (exact) mass is 248 g/mol. The summed E-state index contributed by atoms with van der Waals surface area (Å²) >= 11 is 6.02. The lowest BCUT2D eigenvalue weighted by Gasteiger charge is -2.08. The Morgan fingerprint density at radius 1 is 1.29 bits per heavy atom. The van der Waals surface area contributed by atoms with Crippen molar-refractivity contribution in [3.05, 3.63) is 53.3 Å². The van der Waals surface area contributed by atoms with Crippen molar-refractivity contribution < 1.29 is 4.74 Å². The number of para-hydroxylation sites is 1. The van der Waals surface area contributed by atoms with Gasteiger partial charge in [0.15, 0.2) is 0 Å². The van der Waals surface area contributed by atoms with Crippen LogP contribution in [0.2, 0.25) is 5.02 Å². The van der Waals surface area contributed by atoms with Crippen LogP contribution in [0.5, 0.6) is 11.5 Å². The smallest absolute Gasteiger partial charge is 0.146 e. The van der Waals surface area contributed by atoms with Gasteiger partial charge in [-0.05, 0) is 25.2 Å². The Bertz CT molecular complexity index is 502. The van der Waals surface area contributed by atoms with E-state index in [4.69, 9.17) is 16.3 Å². The van der Waals surface area contributed by atoms with E-state index < -0.39 is 0 Å². The highest BCUT2D eigenvalue weighted by atomic mass is 35.5. The Morgan fingerprint density at radius 3 is 2.88 bits per heavy atom. The third-order valence-electron chi connectivity index (χ3n) is 2.21. The third-order valence-corrected chi connectivity index (χ3v) is 2.52. The maximum Gasteiger partial charge on any atom is 0.146 e. The van der Waals surface area contributed by atoms with Gasteiger partial charge in [0.2, 0.25) is 0 Å². The van der Waals surface area contributed by atoms with E-state index in [0.717, 1.165) is 11.4 Å². The van der Waals surface area contributed by atoms with Crippen LogP contribution in [0.15, 0.2) is 42.6 Å². The molecule has 1 aromatic heterocycles. The Labute approximate surface area is 105 Å². The molecule has 0 bridgehead atoms. The minimum atomic E-state index is 0.597. The second-order valence-corrected chi connectivity index (χ2v) is 3.95. The molecule has 1 heterocycles. The summed E-state index contributed by atoms with van der Waals surface area (Å²) in [7, 11) is 1.88.